The van der Waals surface area contributed by atoms with Gasteiger partial charge in [0, 0.05) is 6.54 Å². The van der Waals surface area contributed by atoms with Crippen LogP contribution in [0.1, 0.15) is 26.2 Å². The average Bonchev–Trinajstić information content (AvgIpc) is 2.41. The van der Waals surface area contributed by atoms with Gasteiger partial charge in [0.2, 0.25) is 0 Å². The molecule has 2 atom stereocenters. The normalized spacial score (nSPS) is 48.0. The van der Waals surface area contributed by atoms with Crippen molar-refractivity contribution in [2.24, 2.45) is 11.3 Å². The molecule has 1 saturated heterocycles. The van der Waals surface area contributed by atoms with E-state index in [9.17, 15) is 0 Å². The molecule has 1 aliphatic carbocycles. The van der Waals surface area contributed by atoms with Crippen LogP contribution in [-0.2, 0) is 0 Å². The summed E-state index contributed by atoms with van der Waals surface area (Å²) >= 11 is 0. The Balaban J connectivity index is 1.99. The van der Waals surface area contributed by atoms with E-state index in [1.54, 1.807) is 0 Å². The van der Waals surface area contributed by atoms with Crippen LogP contribution in [0, 0.1) is 11.3 Å². The molecule has 1 unspecified atom stereocenters. The van der Waals surface area contributed by atoms with E-state index in [0.717, 1.165) is 11.3 Å². The lowest BCUT2D eigenvalue weighted by molar-refractivity contribution is 0.183. The van der Waals surface area contributed by atoms with Crippen molar-refractivity contribution >= 4 is 0 Å². The molecule has 2 rings (SSSR count). The molecule has 1 saturated carbocycles. The molecule has 0 aromatic heterocycles. The van der Waals surface area contributed by atoms with Crippen molar-refractivity contribution < 1.29 is 0 Å². The van der Waals surface area contributed by atoms with Crippen LogP contribution in [0.5, 0.6) is 0 Å². The second-order valence-electron chi connectivity index (χ2n) is 4.31. The number of likely N-dealkylation sites (tertiary alicyclic amines) is 1. The van der Waals surface area contributed by atoms with E-state index in [-0.39, 0.29) is 0 Å². The standard InChI is InChI=1S/C9H17N/c1-8-6-9(8)4-3-5-10(2)7-9/h8H,3-7H2,1-2H3/t8-,9?/m1/s1. The highest BCUT2D eigenvalue weighted by Gasteiger charge is 2.51. The van der Waals surface area contributed by atoms with Gasteiger partial charge < -0.3 is 4.90 Å². The molecule has 0 radical (unpaired) electrons. The second kappa shape index (κ2) is 1.97. The summed E-state index contributed by atoms with van der Waals surface area (Å²) in [5.74, 6) is 1.02. The predicted molar refractivity (Wildman–Crippen MR) is 42.9 cm³/mol. The van der Waals surface area contributed by atoms with E-state index in [0.29, 0.717) is 0 Å². The molecule has 0 bridgehead atoms. The molecule has 58 valence electrons. The Labute approximate surface area is 63.4 Å². The molecular formula is C9H17N. The Morgan fingerprint density at radius 1 is 1.50 bits per heavy atom. The highest BCUT2D eigenvalue weighted by atomic mass is 15.1. The first-order chi connectivity index (χ1) is 4.73. The van der Waals surface area contributed by atoms with E-state index in [2.05, 4.69) is 18.9 Å². The minimum Gasteiger partial charge on any atom is -0.306 e. The zero-order chi connectivity index (χ0) is 7.19. The highest BCUT2D eigenvalue weighted by Crippen LogP contribution is 2.57. The van der Waals surface area contributed by atoms with Gasteiger partial charge in [0.1, 0.15) is 0 Å². The fourth-order valence-corrected chi connectivity index (χ4v) is 2.52. The first-order valence-electron chi connectivity index (χ1n) is 4.41. The summed E-state index contributed by atoms with van der Waals surface area (Å²) in [5.41, 5.74) is 0.785. The maximum atomic E-state index is 2.49. The predicted octanol–water partition coefficient (Wildman–Crippen LogP) is 1.74. The largest absolute Gasteiger partial charge is 0.306 e. The van der Waals surface area contributed by atoms with E-state index in [1.165, 1.54) is 32.4 Å². The van der Waals surface area contributed by atoms with Gasteiger partial charge in [-0.25, -0.2) is 0 Å². The van der Waals surface area contributed by atoms with Crippen molar-refractivity contribution in [2.45, 2.75) is 26.2 Å². The van der Waals surface area contributed by atoms with Crippen molar-refractivity contribution in [3.8, 4) is 0 Å². The third-order valence-electron chi connectivity index (χ3n) is 3.40. The maximum Gasteiger partial charge on any atom is 0.00376 e. The second-order valence-corrected chi connectivity index (χ2v) is 4.31. The average molecular weight is 139 g/mol. The Hall–Kier alpha value is -0.0400. The van der Waals surface area contributed by atoms with Crippen LogP contribution in [0.25, 0.3) is 0 Å². The van der Waals surface area contributed by atoms with Crippen molar-refractivity contribution in [1.82, 2.24) is 4.90 Å². The smallest absolute Gasteiger partial charge is 0.00376 e. The van der Waals surface area contributed by atoms with Crippen LogP contribution < -0.4 is 0 Å². The van der Waals surface area contributed by atoms with Crippen molar-refractivity contribution in [3.63, 3.8) is 0 Å². The van der Waals surface area contributed by atoms with Crippen LogP contribution in [0.2, 0.25) is 0 Å². The fourth-order valence-electron chi connectivity index (χ4n) is 2.52. The molecule has 0 aromatic carbocycles. The van der Waals surface area contributed by atoms with Crippen molar-refractivity contribution in [1.29, 1.82) is 0 Å². The van der Waals surface area contributed by atoms with Gasteiger partial charge >= 0.3 is 0 Å². The molecule has 2 aliphatic rings. The quantitative estimate of drug-likeness (QED) is 0.494. The molecule has 1 heterocycles. The molecule has 0 N–H and O–H groups in total. The summed E-state index contributed by atoms with van der Waals surface area (Å²) in [6, 6.07) is 0. The minimum atomic E-state index is 0.785. The van der Waals surface area contributed by atoms with Crippen LogP contribution in [0.15, 0.2) is 0 Å². The molecule has 10 heavy (non-hydrogen) atoms. The Bertz CT molecular complexity index is 144. The Morgan fingerprint density at radius 2 is 2.20 bits per heavy atom. The van der Waals surface area contributed by atoms with Crippen LogP contribution in [-0.4, -0.2) is 25.0 Å². The zero-order valence-corrected chi connectivity index (χ0v) is 7.06. The topological polar surface area (TPSA) is 3.24 Å². The molecule has 1 heteroatoms. The molecule has 1 nitrogen and oxygen atoms in total. The van der Waals surface area contributed by atoms with Crippen LogP contribution in [0.4, 0.5) is 0 Å². The first kappa shape index (κ1) is 6.66. The summed E-state index contributed by atoms with van der Waals surface area (Å²) in [5, 5.41) is 0. The van der Waals surface area contributed by atoms with E-state index >= 15 is 0 Å². The van der Waals surface area contributed by atoms with Gasteiger partial charge in [0.15, 0.2) is 0 Å². The van der Waals surface area contributed by atoms with Crippen molar-refractivity contribution in [2.75, 3.05) is 20.1 Å². The molecular weight excluding hydrogens is 122 g/mol. The summed E-state index contributed by atoms with van der Waals surface area (Å²) < 4.78 is 0. The van der Waals surface area contributed by atoms with E-state index in [4.69, 9.17) is 0 Å². The number of rotatable bonds is 0. The molecule has 1 spiro atoms. The summed E-state index contributed by atoms with van der Waals surface area (Å²) in [4.78, 5) is 2.49. The van der Waals surface area contributed by atoms with Crippen LogP contribution >= 0.6 is 0 Å². The lowest BCUT2D eigenvalue weighted by Gasteiger charge is -2.30. The summed E-state index contributed by atoms with van der Waals surface area (Å²) in [6.07, 6.45) is 4.43. The third kappa shape index (κ3) is 0.878. The van der Waals surface area contributed by atoms with Gasteiger partial charge in [-0.3, -0.25) is 0 Å². The maximum absolute atomic E-state index is 2.49. The SMILES string of the molecule is C[C@@H]1CC12CCCN(C)C2. The Morgan fingerprint density at radius 3 is 2.60 bits per heavy atom. The van der Waals surface area contributed by atoms with Gasteiger partial charge in [-0.05, 0) is 44.2 Å². The molecule has 2 fully saturated rings. The number of hydrogen-bond acceptors (Lipinski definition) is 1. The Kier molecular flexibility index (Phi) is 1.31. The third-order valence-corrected chi connectivity index (χ3v) is 3.40. The number of hydrogen-bond donors (Lipinski definition) is 0. The lowest BCUT2D eigenvalue weighted by Crippen LogP contribution is -2.33. The summed E-state index contributed by atoms with van der Waals surface area (Å²) in [7, 11) is 2.26. The van der Waals surface area contributed by atoms with Crippen molar-refractivity contribution in [3.05, 3.63) is 0 Å². The van der Waals surface area contributed by atoms with Crippen LogP contribution in [0.3, 0.4) is 0 Å². The van der Waals surface area contributed by atoms with E-state index < -0.39 is 0 Å². The lowest BCUT2D eigenvalue weighted by atomic mass is 9.93. The van der Waals surface area contributed by atoms with E-state index in [1.807, 2.05) is 0 Å². The minimum absolute atomic E-state index is 0.785. The molecule has 0 amide bonds. The summed E-state index contributed by atoms with van der Waals surface area (Å²) in [6.45, 7) is 5.10. The van der Waals surface area contributed by atoms with Gasteiger partial charge in [-0.15, -0.1) is 0 Å². The fraction of sp³-hybridized carbons (Fsp3) is 1.00. The first-order valence-corrected chi connectivity index (χ1v) is 4.41. The van der Waals surface area contributed by atoms with Gasteiger partial charge in [-0.2, -0.15) is 0 Å². The number of nitrogens with zero attached hydrogens (tertiary/aromatic N) is 1. The zero-order valence-electron chi connectivity index (χ0n) is 7.06. The van der Waals surface area contributed by atoms with Gasteiger partial charge in [0.25, 0.3) is 0 Å². The monoisotopic (exact) mass is 139 g/mol. The highest BCUT2D eigenvalue weighted by molar-refractivity contribution is 5.03. The molecule has 1 aliphatic heterocycles. The van der Waals surface area contributed by atoms with Gasteiger partial charge in [-0.1, -0.05) is 6.92 Å². The van der Waals surface area contributed by atoms with Gasteiger partial charge in [0.05, 0.1) is 0 Å². The molecule has 0 aromatic rings. The number of piperidine rings is 1.